The Labute approximate surface area is 140 Å². The molecule has 1 aromatic carbocycles. The Morgan fingerprint density at radius 3 is 2.39 bits per heavy atom. The number of benzene rings is 1. The summed E-state index contributed by atoms with van der Waals surface area (Å²) < 4.78 is 0. The molecule has 0 spiro atoms. The van der Waals surface area contributed by atoms with Crippen molar-refractivity contribution in [3.63, 3.8) is 0 Å². The molecule has 2 aliphatic heterocycles. The largest absolute Gasteiger partial charge is 0.342 e. The smallest absolute Gasteiger partial charge is 0.225 e. The molecular weight excluding hydrogens is 284 g/mol. The molecule has 0 N–H and O–H groups in total. The molecule has 0 radical (unpaired) electrons. The first kappa shape index (κ1) is 16.5. The standard InChI is InChI=1S/C20H30N2O/c1-3-16(2)20(23)22-14-18-12-21(13-19(18)15-22)11-7-10-17-8-5-4-6-9-17/h4-6,8-9,16,18-19H,3,7,10-15H2,1-2H3/t16-,18?,19?/m0/s1. The maximum absolute atomic E-state index is 12.3. The van der Waals surface area contributed by atoms with Gasteiger partial charge in [0, 0.05) is 32.1 Å². The highest BCUT2D eigenvalue weighted by molar-refractivity contribution is 5.78. The minimum atomic E-state index is 0.191. The van der Waals surface area contributed by atoms with Gasteiger partial charge in [0.2, 0.25) is 5.91 Å². The van der Waals surface area contributed by atoms with E-state index in [0.717, 1.165) is 19.5 Å². The van der Waals surface area contributed by atoms with Crippen molar-refractivity contribution in [3.8, 4) is 0 Å². The van der Waals surface area contributed by atoms with Crippen LogP contribution in [0.4, 0.5) is 0 Å². The van der Waals surface area contributed by atoms with E-state index < -0.39 is 0 Å². The van der Waals surface area contributed by atoms with E-state index in [1.165, 1.54) is 38.0 Å². The average Bonchev–Trinajstić information content (AvgIpc) is 3.13. The highest BCUT2D eigenvalue weighted by atomic mass is 16.2. The topological polar surface area (TPSA) is 23.6 Å². The zero-order valence-electron chi connectivity index (χ0n) is 14.6. The number of rotatable bonds is 6. The van der Waals surface area contributed by atoms with Crippen molar-refractivity contribution in [2.45, 2.75) is 33.1 Å². The molecule has 0 saturated carbocycles. The van der Waals surface area contributed by atoms with Crippen LogP contribution in [-0.2, 0) is 11.2 Å². The molecule has 2 saturated heterocycles. The molecule has 23 heavy (non-hydrogen) atoms. The van der Waals surface area contributed by atoms with E-state index in [4.69, 9.17) is 0 Å². The van der Waals surface area contributed by atoms with Gasteiger partial charge in [-0.2, -0.15) is 0 Å². The van der Waals surface area contributed by atoms with Crippen LogP contribution < -0.4 is 0 Å². The molecule has 126 valence electrons. The van der Waals surface area contributed by atoms with Crippen LogP contribution in [0.3, 0.4) is 0 Å². The van der Waals surface area contributed by atoms with Gasteiger partial charge in [-0.25, -0.2) is 0 Å². The zero-order chi connectivity index (χ0) is 16.2. The van der Waals surface area contributed by atoms with Crippen LogP contribution in [0.1, 0.15) is 32.3 Å². The van der Waals surface area contributed by atoms with Crippen molar-refractivity contribution in [2.24, 2.45) is 17.8 Å². The van der Waals surface area contributed by atoms with Gasteiger partial charge in [0.05, 0.1) is 0 Å². The molecule has 3 rings (SSSR count). The van der Waals surface area contributed by atoms with Gasteiger partial charge in [-0.15, -0.1) is 0 Å². The predicted molar refractivity (Wildman–Crippen MR) is 94.2 cm³/mol. The first-order valence-corrected chi connectivity index (χ1v) is 9.22. The van der Waals surface area contributed by atoms with Crippen LogP contribution in [0.25, 0.3) is 0 Å². The van der Waals surface area contributed by atoms with E-state index >= 15 is 0 Å². The van der Waals surface area contributed by atoms with E-state index in [2.05, 4.69) is 54.0 Å². The predicted octanol–water partition coefficient (Wildman–Crippen LogP) is 3.06. The molecule has 2 fully saturated rings. The summed E-state index contributed by atoms with van der Waals surface area (Å²) in [6.45, 7) is 9.71. The van der Waals surface area contributed by atoms with E-state index in [0.29, 0.717) is 17.7 Å². The van der Waals surface area contributed by atoms with Crippen LogP contribution in [0, 0.1) is 17.8 Å². The normalized spacial score (nSPS) is 25.6. The Hall–Kier alpha value is -1.35. The molecule has 3 heteroatoms. The third kappa shape index (κ3) is 3.95. The van der Waals surface area contributed by atoms with Crippen molar-refractivity contribution in [1.29, 1.82) is 0 Å². The second kappa shape index (κ2) is 7.48. The average molecular weight is 314 g/mol. The van der Waals surface area contributed by atoms with Gasteiger partial charge >= 0.3 is 0 Å². The van der Waals surface area contributed by atoms with Gasteiger partial charge in [0.25, 0.3) is 0 Å². The van der Waals surface area contributed by atoms with Gasteiger partial charge in [0.1, 0.15) is 0 Å². The van der Waals surface area contributed by atoms with Crippen LogP contribution in [0.15, 0.2) is 30.3 Å². The van der Waals surface area contributed by atoms with Crippen molar-refractivity contribution < 1.29 is 4.79 Å². The highest BCUT2D eigenvalue weighted by Crippen LogP contribution is 2.32. The summed E-state index contributed by atoms with van der Waals surface area (Å²) in [6.07, 6.45) is 3.36. The van der Waals surface area contributed by atoms with Gasteiger partial charge in [-0.1, -0.05) is 44.2 Å². The molecule has 1 amide bonds. The maximum Gasteiger partial charge on any atom is 0.225 e. The maximum atomic E-state index is 12.3. The van der Waals surface area contributed by atoms with Crippen molar-refractivity contribution in [1.82, 2.24) is 9.80 Å². The van der Waals surface area contributed by atoms with Crippen LogP contribution in [-0.4, -0.2) is 48.4 Å². The summed E-state index contributed by atoms with van der Waals surface area (Å²) in [5.74, 6) is 1.98. The molecule has 2 aliphatic rings. The van der Waals surface area contributed by atoms with Gasteiger partial charge in [0.15, 0.2) is 0 Å². The van der Waals surface area contributed by atoms with E-state index in [-0.39, 0.29) is 5.92 Å². The van der Waals surface area contributed by atoms with E-state index in [9.17, 15) is 4.79 Å². The number of amides is 1. The molecule has 3 atom stereocenters. The molecule has 1 aromatic rings. The summed E-state index contributed by atoms with van der Waals surface area (Å²) in [6, 6.07) is 10.8. The number of hydrogen-bond acceptors (Lipinski definition) is 2. The lowest BCUT2D eigenvalue weighted by Crippen LogP contribution is -2.36. The summed E-state index contributed by atoms with van der Waals surface area (Å²) in [5, 5.41) is 0. The molecule has 0 bridgehead atoms. The molecule has 3 nitrogen and oxygen atoms in total. The fourth-order valence-electron chi connectivity index (χ4n) is 4.09. The van der Waals surface area contributed by atoms with Crippen LogP contribution in [0.2, 0.25) is 0 Å². The van der Waals surface area contributed by atoms with E-state index in [1.807, 2.05) is 0 Å². The summed E-state index contributed by atoms with van der Waals surface area (Å²) >= 11 is 0. The molecule has 2 heterocycles. The fourth-order valence-corrected chi connectivity index (χ4v) is 4.09. The lowest BCUT2D eigenvalue weighted by molar-refractivity contribution is -0.134. The Morgan fingerprint density at radius 1 is 1.13 bits per heavy atom. The van der Waals surface area contributed by atoms with Gasteiger partial charge in [-0.3, -0.25) is 4.79 Å². The molecule has 2 unspecified atom stereocenters. The number of fused-ring (bicyclic) bond motifs is 1. The number of carbonyl (C=O) groups excluding carboxylic acids is 1. The lowest BCUT2D eigenvalue weighted by atomic mass is 10.0. The Balaban J connectivity index is 1.40. The Bertz CT molecular complexity index is 502. The first-order valence-electron chi connectivity index (χ1n) is 9.22. The summed E-state index contributed by atoms with van der Waals surface area (Å²) in [7, 11) is 0. The third-order valence-electron chi connectivity index (χ3n) is 5.69. The van der Waals surface area contributed by atoms with Crippen molar-refractivity contribution in [3.05, 3.63) is 35.9 Å². The molecular formula is C20H30N2O. The molecule has 0 aromatic heterocycles. The highest BCUT2D eigenvalue weighted by Gasteiger charge is 2.41. The number of likely N-dealkylation sites (tertiary alicyclic amines) is 2. The van der Waals surface area contributed by atoms with Crippen molar-refractivity contribution >= 4 is 5.91 Å². The third-order valence-corrected chi connectivity index (χ3v) is 5.69. The lowest BCUT2D eigenvalue weighted by Gasteiger charge is -2.23. The van der Waals surface area contributed by atoms with Crippen LogP contribution in [0.5, 0.6) is 0 Å². The second-order valence-corrected chi connectivity index (χ2v) is 7.42. The number of hydrogen-bond donors (Lipinski definition) is 0. The quantitative estimate of drug-likeness (QED) is 0.806. The second-order valence-electron chi connectivity index (χ2n) is 7.42. The van der Waals surface area contributed by atoms with Gasteiger partial charge in [-0.05, 0) is 43.2 Å². The Morgan fingerprint density at radius 2 is 1.78 bits per heavy atom. The van der Waals surface area contributed by atoms with E-state index in [1.54, 1.807) is 0 Å². The monoisotopic (exact) mass is 314 g/mol. The van der Waals surface area contributed by atoms with Crippen molar-refractivity contribution in [2.75, 3.05) is 32.7 Å². The summed E-state index contributed by atoms with van der Waals surface area (Å²) in [4.78, 5) is 17.1. The van der Waals surface area contributed by atoms with Gasteiger partial charge < -0.3 is 9.80 Å². The molecule has 0 aliphatic carbocycles. The fraction of sp³-hybridized carbons (Fsp3) is 0.650. The number of carbonyl (C=O) groups is 1. The van der Waals surface area contributed by atoms with Crippen LogP contribution >= 0.6 is 0 Å². The number of aryl methyl sites for hydroxylation is 1. The minimum Gasteiger partial charge on any atom is -0.342 e. The minimum absolute atomic E-state index is 0.191. The summed E-state index contributed by atoms with van der Waals surface area (Å²) in [5.41, 5.74) is 1.44. The Kier molecular flexibility index (Phi) is 5.37. The zero-order valence-corrected chi connectivity index (χ0v) is 14.6. The first-order chi connectivity index (χ1) is 11.2. The SMILES string of the molecule is CC[C@H](C)C(=O)N1CC2CN(CCCc3ccccc3)CC2C1. The number of nitrogens with zero attached hydrogens (tertiary/aromatic N) is 2.